The number of allylic oxidation sites excluding steroid dienone is 1. The Balaban J connectivity index is 1.48. The van der Waals surface area contributed by atoms with Crippen LogP contribution < -0.4 is 15.0 Å². The summed E-state index contributed by atoms with van der Waals surface area (Å²) in [5.74, 6) is -2.56. The highest BCUT2D eigenvalue weighted by Crippen LogP contribution is 2.50. The summed E-state index contributed by atoms with van der Waals surface area (Å²) in [6.07, 6.45) is 0.485. The molecule has 0 spiro atoms. The van der Waals surface area contributed by atoms with Gasteiger partial charge in [0.15, 0.2) is 23.2 Å². The number of anilines is 2. The van der Waals surface area contributed by atoms with Gasteiger partial charge in [0.2, 0.25) is 0 Å². The number of aromatic hydroxyl groups is 1. The second kappa shape index (κ2) is 11.0. The smallest absolute Gasteiger partial charge is 0.281 e. The van der Waals surface area contributed by atoms with Gasteiger partial charge >= 0.3 is 0 Å². The Bertz CT molecular complexity index is 1820. The fraction of sp³-hybridized carbons (Fsp3) is 0.273. The molecule has 4 aromatic rings. The molecule has 0 fully saturated rings. The largest absolute Gasteiger partial charge is 0.506 e. The van der Waals surface area contributed by atoms with Gasteiger partial charge in [-0.25, -0.2) is 18.2 Å². The van der Waals surface area contributed by atoms with E-state index < -0.39 is 29.4 Å². The highest BCUT2D eigenvalue weighted by Gasteiger charge is 2.44. The van der Waals surface area contributed by atoms with Crippen LogP contribution >= 0.6 is 0 Å². The van der Waals surface area contributed by atoms with Crippen molar-refractivity contribution in [3.8, 4) is 11.5 Å². The lowest BCUT2D eigenvalue weighted by atomic mass is 9.85. The van der Waals surface area contributed by atoms with Crippen molar-refractivity contribution in [3.05, 3.63) is 112 Å². The Morgan fingerprint density at radius 1 is 1.11 bits per heavy atom. The molecule has 2 N–H and O–H groups in total. The average Bonchev–Trinajstić information content (AvgIpc) is 3.24. The number of fused-ring (bicyclic) bond motifs is 1. The number of oxazole rings is 1. The van der Waals surface area contributed by atoms with Crippen LogP contribution in [0.3, 0.4) is 0 Å². The number of phenols is 1. The zero-order chi connectivity index (χ0) is 31.3. The topological polar surface area (TPSA) is 97.1 Å². The monoisotopic (exact) mass is 605 g/mol. The maximum absolute atomic E-state index is 16.2. The van der Waals surface area contributed by atoms with Gasteiger partial charge in [0.05, 0.1) is 18.0 Å². The molecule has 1 atom stereocenters. The van der Waals surface area contributed by atoms with Crippen LogP contribution in [-0.2, 0) is 11.3 Å². The molecule has 1 unspecified atom stereocenters. The molecule has 228 valence electrons. The summed E-state index contributed by atoms with van der Waals surface area (Å²) in [5, 5.41) is 14.2. The highest BCUT2D eigenvalue weighted by molar-refractivity contribution is 6.09. The minimum Gasteiger partial charge on any atom is -0.506 e. The molecular formula is C33H30F3N3O5. The van der Waals surface area contributed by atoms with E-state index in [1.165, 1.54) is 35.2 Å². The van der Waals surface area contributed by atoms with Crippen molar-refractivity contribution >= 4 is 17.3 Å². The summed E-state index contributed by atoms with van der Waals surface area (Å²) in [5.41, 5.74) is 0.889. The van der Waals surface area contributed by atoms with Gasteiger partial charge in [0, 0.05) is 29.5 Å². The van der Waals surface area contributed by atoms with Crippen molar-refractivity contribution in [1.82, 2.24) is 4.98 Å². The summed E-state index contributed by atoms with van der Waals surface area (Å²) < 4.78 is 61.5. The standard InChI is InChI=1S/C33H30F3N3O5/c1-17-28(37-18(2)44-17)32(41)39-25-9-6-10-26(40)29(25)38-24-14-33(3,4)16-43-31(24)30(39)21-12-11-20(13-23(21)35)42-15-19-7-5-8-22(34)27(19)36/h5-13,30,38,40H,14-16H2,1-4H3. The Morgan fingerprint density at radius 2 is 1.89 bits per heavy atom. The van der Waals surface area contributed by atoms with Crippen molar-refractivity contribution < 1.29 is 37.0 Å². The molecule has 2 aliphatic heterocycles. The van der Waals surface area contributed by atoms with Crippen LogP contribution in [0, 0.1) is 36.7 Å². The zero-order valence-corrected chi connectivity index (χ0v) is 24.5. The van der Waals surface area contributed by atoms with Crippen molar-refractivity contribution in [2.75, 3.05) is 16.8 Å². The van der Waals surface area contributed by atoms with Crippen LogP contribution in [0.15, 0.2) is 70.5 Å². The molecule has 1 aromatic heterocycles. The molecule has 11 heteroatoms. The van der Waals surface area contributed by atoms with Gasteiger partial charge in [-0.3, -0.25) is 9.69 Å². The molecule has 44 heavy (non-hydrogen) atoms. The quantitative estimate of drug-likeness (QED) is 0.228. The SMILES string of the molecule is Cc1nc(C(=O)N2c3cccc(O)c3NC3=C(OCC(C)(C)C3)C2c2ccc(OCc3cccc(F)c3F)cc2F)c(C)o1. The summed E-state index contributed by atoms with van der Waals surface area (Å²) >= 11 is 0. The predicted octanol–water partition coefficient (Wildman–Crippen LogP) is 7.47. The molecule has 0 saturated heterocycles. The predicted molar refractivity (Wildman–Crippen MR) is 156 cm³/mol. The third kappa shape index (κ3) is 5.23. The number of aromatic nitrogens is 1. The van der Waals surface area contributed by atoms with E-state index in [1.807, 2.05) is 13.8 Å². The van der Waals surface area contributed by atoms with E-state index in [4.69, 9.17) is 13.9 Å². The minimum atomic E-state index is -1.13. The van der Waals surface area contributed by atoms with Crippen molar-refractivity contribution in [2.24, 2.45) is 5.41 Å². The Hall–Kier alpha value is -4.93. The van der Waals surface area contributed by atoms with Gasteiger partial charge < -0.3 is 24.3 Å². The lowest BCUT2D eigenvalue weighted by Crippen LogP contribution is -2.39. The molecule has 0 radical (unpaired) electrons. The van der Waals surface area contributed by atoms with Gasteiger partial charge in [0.25, 0.3) is 5.91 Å². The number of aryl methyl sites for hydroxylation is 2. The molecule has 1 amide bonds. The van der Waals surface area contributed by atoms with Crippen LogP contribution in [0.5, 0.6) is 11.5 Å². The molecule has 8 nitrogen and oxygen atoms in total. The van der Waals surface area contributed by atoms with Crippen molar-refractivity contribution in [2.45, 2.75) is 46.8 Å². The number of ether oxygens (including phenoxy) is 2. The number of carbonyl (C=O) groups excluding carboxylic acids is 1. The molecule has 3 heterocycles. The zero-order valence-electron chi connectivity index (χ0n) is 24.5. The normalized spacial score (nSPS) is 17.2. The van der Waals surface area contributed by atoms with E-state index in [0.717, 1.165) is 12.1 Å². The summed E-state index contributed by atoms with van der Waals surface area (Å²) in [7, 11) is 0. The molecule has 0 aliphatic carbocycles. The van der Waals surface area contributed by atoms with E-state index in [9.17, 15) is 18.7 Å². The van der Waals surface area contributed by atoms with Gasteiger partial charge in [-0.05, 0) is 43.7 Å². The molecule has 0 saturated carbocycles. The summed E-state index contributed by atoms with van der Waals surface area (Å²) in [6.45, 7) is 7.22. The number of carbonyl (C=O) groups is 1. The Labute approximate surface area is 251 Å². The first kappa shape index (κ1) is 29.2. The van der Waals surface area contributed by atoms with Gasteiger partial charge in [0.1, 0.15) is 47.2 Å². The third-order valence-electron chi connectivity index (χ3n) is 7.65. The highest BCUT2D eigenvalue weighted by atomic mass is 19.2. The summed E-state index contributed by atoms with van der Waals surface area (Å²) in [4.78, 5) is 20.0. The van der Waals surface area contributed by atoms with Crippen LogP contribution in [0.1, 0.15) is 59.6 Å². The number of nitrogens with zero attached hydrogens (tertiary/aromatic N) is 2. The maximum Gasteiger partial charge on any atom is 0.281 e. The number of rotatable bonds is 5. The number of hydrogen-bond acceptors (Lipinski definition) is 7. The van der Waals surface area contributed by atoms with Crippen molar-refractivity contribution in [3.63, 3.8) is 0 Å². The van der Waals surface area contributed by atoms with Gasteiger partial charge in [-0.2, -0.15) is 0 Å². The first-order valence-electron chi connectivity index (χ1n) is 14.0. The number of hydrogen-bond donors (Lipinski definition) is 2. The first-order valence-corrected chi connectivity index (χ1v) is 14.0. The van der Waals surface area contributed by atoms with Crippen LogP contribution in [0.4, 0.5) is 24.5 Å². The molecular weight excluding hydrogens is 575 g/mol. The van der Waals surface area contributed by atoms with E-state index in [2.05, 4.69) is 10.3 Å². The lowest BCUT2D eigenvalue weighted by Gasteiger charge is -2.37. The van der Waals surface area contributed by atoms with Crippen LogP contribution in [-0.4, -0.2) is 22.6 Å². The van der Waals surface area contributed by atoms with Gasteiger partial charge in [-0.15, -0.1) is 0 Å². The Kier molecular flexibility index (Phi) is 7.27. The number of halogens is 3. The number of para-hydroxylation sites is 1. The molecule has 0 bridgehead atoms. The van der Waals surface area contributed by atoms with Crippen LogP contribution in [0.25, 0.3) is 0 Å². The second-order valence-electron chi connectivity index (χ2n) is 11.7. The fourth-order valence-electron chi connectivity index (χ4n) is 5.58. The minimum absolute atomic E-state index is 0.0243. The van der Waals surface area contributed by atoms with E-state index >= 15 is 4.39 Å². The number of nitrogens with one attached hydrogen (secondary N) is 1. The number of benzene rings is 3. The Morgan fingerprint density at radius 3 is 2.61 bits per heavy atom. The first-order chi connectivity index (χ1) is 20.9. The number of phenolic OH excluding ortho intramolecular Hbond substituents is 1. The summed E-state index contributed by atoms with van der Waals surface area (Å²) in [6, 6.07) is 11.4. The third-order valence-corrected chi connectivity index (χ3v) is 7.65. The number of amides is 1. The molecule has 2 aliphatic rings. The van der Waals surface area contributed by atoms with Crippen LogP contribution in [0.2, 0.25) is 0 Å². The molecule has 3 aromatic carbocycles. The fourth-order valence-corrected chi connectivity index (χ4v) is 5.58. The second-order valence-corrected chi connectivity index (χ2v) is 11.7. The van der Waals surface area contributed by atoms with E-state index in [-0.39, 0.29) is 63.4 Å². The molecule has 6 rings (SSSR count). The maximum atomic E-state index is 16.2. The van der Waals surface area contributed by atoms with Crippen molar-refractivity contribution in [1.29, 1.82) is 0 Å². The van der Waals surface area contributed by atoms with Gasteiger partial charge in [-0.1, -0.05) is 32.0 Å². The van der Waals surface area contributed by atoms with E-state index in [0.29, 0.717) is 24.5 Å². The average molecular weight is 606 g/mol. The van der Waals surface area contributed by atoms with E-state index in [1.54, 1.807) is 26.0 Å². The lowest BCUT2D eigenvalue weighted by molar-refractivity contribution is 0.0756.